The van der Waals surface area contributed by atoms with Crippen molar-refractivity contribution in [2.24, 2.45) is 0 Å². The van der Waals surface area contributed by atoms with Crippen molar-refractivity contribution in [1.82, 2.24) is 14.8 Å². The predicted molar refractivity (Wildman–Crippen MR) is 72.4 cm³/mol. The summed E-state index contributed by atoms with van der Waals surface area (Å²) in [6.45, 7) is 4.65. The lowest BCUT2D eigenvalue weighted by molar-refractivity contribution is 0.0982. The molecule has 0 aliphatic rings. The molecule has 0 fully saturated rings. The van der Waals surface area contributed by atoms with Gasteiger partial charge in [0.05, 0.1) is 17.6 Å². The van der Waals surface area contributed by atoms with Crippen LogP contribution in [-0.4, -0.2) is 20.5 Å². The summed E-state index contributed by atoms with van der Waals surface area (Å²) in [7, 11) is 0. The average Bonchev–Trinajstić information content (AvgIpc) is 2.86. The Morgan fingerprint density at radius 1 is 1.56 bits per heavy atom. The first-order valence-corrected chi connectivity index (χ1v) is 7.03. The van der Waals surface area contributed by atoms with E-state index in [1.165, 1.54) is 17.5 Å². The maximum Gasteiger partial charge on any atom is 0.189 e. The lowest BCUT2D eigenvalue weighted by Crippen LogP contribution is -2.13. The summed E-state index contributed by atoms with van der Waals surface area (Å²) in [5.41, 5.74) is 1.43. The molecule has 0 aromatic carbocycles. The van der Waals surface area contributed by atoms with Crippen molar-refractivity contribution in [3.8, 4) is 0 Å². The quantitative estimate of drug-likeness (QED) is 0.792. The van der Waals surface area contributed by atoms with Crippen molar-refractivity contribution in [3.63, 3.8) is 0 Å². The molecule has 0 aliphatic heterocycles. The molecule has 0 saturated carbocycles. The Morgan fingerprint density at radius 2 is 2.33 bits per heavy atom. The van der Waals surface area contributed by atoms with E-state index in [9.17, 15) is 4.79 Å². The monoisotopic (exact) mass is 283 g/mol. The van der Waals surface area contributed by atoms with Crippen LogP contribution in [0.15, 0.2) is 11.6 Å². The number of hydrogen-bond acceptors (Lipinski definition) is 4. The van der Waals surface area contributed by atoms with Gasteiger partial charge in [0.15, 0.2) is 5.78 Å². The fraction of sp³-hybridized carbons (Fsp3) is 0.417. The standard InChI is InChI=1S/C12H14ClN3OS/c1-3-4-16-12(9(13)6-14-16)10(17)5-11-15-8(2)7-18-11/h6-7H,3-5H2,1-2H3. The van der Waals surface area contributed by atoms with Crippen LogP contribution < -0.4 is 0 Å². The minimum Gasteiger partial charge on any atom is -0.292 e. The summed E-state index contributed by atoms with van der Waals surface area (Å²) in [6.07, 6.45) is 2.72. The lowest BCUT2D eigenvalue weighted by atomic mass is 10.2. The number of halogens is 1. The van der Waals surface area contributed by atoms with Crippen LogP contribution in [0.25, 0.3) is 0 Å². The Morgan fingerprint density at radius 3 is 2.94 bits per heavy atom. The van der Waals surface area contributed by atoms with E-state index in [-0.39, 0.29) is 12.2 Å². The number of rotatable bonds is 5. The van der Waals surface area contributed by atoms with Gasteiger partial charge in [-0.15, -0.1) is 11.3 Å². The summed E-state index contributed by atoms with van der Waals surface area (Å²) >= 11 is 7.52. The molecule has 0 unspecified atom stereocenters. The van der Waals surface area contributed by atoms with Gasteiger partial charge in [-0.1, -0.05) is 18.5 Å². The molecule has 2 heterocycles. The van der Waals surface area contributed by atoms with Crippen LogP contribution in [0, 0.1) is 6.92 Å². The molecule has 2 aromatic heterocycles. The molecule has 96 valence electrons. The van der Waals surface area contributed by atoms with Crippen molar-refractivity contribution in [3.05, 3.63) is 33.0 Å². The summed E-state index contributed by atoms with van der Waals surface area (Å²) in [5, 5.41) is 7.29. The zero-order valence-corrected chi connectivity index (χ0v) is 11.9. The van der Waals surface area contributed by atoms with Gasteiger partial charge < -0.3 is 0 Å². The number of thiazole rings is 1. The highest BCUT2D eigenvalue weighted by molar-refractivity contribution is 7.09. The van der Waals surface area contributed by atoms with Gasteiger partial charge in [-0.25, -0.2) is 4.98 Å². The number of carbonyl (C=O) groups is 1. The van der Waals surface area contributed by atoms with Crippen molar-refractivity contribution >= 4 is 28.7 Å². The topological polar surface area (TPSA) is 47.8 Å². The van der Waals surface area contributed by atoms with Crippen LogP contribution in [0.2, 0.25) is 5.02 Å². The largest absolute Gasteiger partial charge is 0.292 e. The maximum atomic E-state index is 12.2. The van der Waals surface area contributed by atoms with Gasteiger partial charge in [-0.05, 0) is 13.3 Å². The van der Waals surface area contributed by atoms with Gasteiger partial charge in [0, 0.05) is 17.6 Å². The van der Waals surface area contributed by atoms with E-state index in [0.717, 1.165) is 17.1 Å². The van der Waals surface area contributed by atoms with E-state index in [1.807, 2.05) is 19.2 Å². The number of aryl methyl sites for hydroxylation is 2. The normalized spacial score (nSPS) is 10.8. The molecular weight excluding hydrogens is 270 g/mol. The molecule has 0 spiro atoms. The first-order chi connectivity index (χ1) is 8.61. The second-order valence-electron chi connectivity index (χ2n) is 4.05. The molecule has 18 heavy (non-hydrogen) atoms. The second kappa shape index (κ2) is 5.63. The molecule has 0 N–H and O–H groups in total. The third-order valence-electron chi connectivity index (χ3n) is 2.47. The summed E-state index contributed by atoms with van der Waals surface area (Å²) in [6, 6.07) is 0. The Balaban J connectivity index is 2.20. The Bertz CT molecular complexity index is 561. The number of aromatic nitrogens is 3. The van der Waals surface area contributed by atoms with Gasteiger partial charge in [0.1, 0.15) is 10.7 Å². The zero-order valence-electron chi connectivity index (χ0n) is 10.3. The molecule has 0 bridgehead atoms. The fourth-order valence-corrected chi connectivity index (χ4v) is 2.74. The molecule has 0 atom stereocenters. The van der Waals surface area contributed by atoms with E-state index in [0.29, 0.717) is 17.3 Å². The Hall–Kier alpha value is -1.20. The third kappa shape index (κ3) is 2.79. The molecule has 0 aliphatic carbocycles. The van der Waals surface area contributed by atoms with Gasteiger partial charge in [-0.3, -0.25) is 9.48 Å². The van der Waals surface area contributed by atoms with Gasteiger partial charge in [-0.2, -0.15) is 5.10 Å². The lowest BCUT2D eigenvalue weighted by Gasteiger charge is -2.04. The smallest absolute Gasteiger partial charge is 0.189 e. The molecule has 2 aromatic rings. The number of ketones is 1. The number of hydrogen-bond donors (Lipinski definition) is 0. The van der Waals surface area contributed by atoms with E-state index >= 15 is 0 Å². The Kier molecular flexibility index (Phi) is 4.14. The first-order valence-electron chi connectivity index (χ1n) is 5.77. The highest BCUT2D eigenvalue weighted by atomic mass is 35.5. The molecule has 0 radical (unpaired) electrons. The summed E-state index contributed by atoms with van der Waals surface area (Å²) in [5.74, 6) is -0.0275. The zero-order chi connectivity index (χ0) is 13.1. The summed E-state index contributed by atoms with van der Waals surface area (Å²) in [4.78, 5) is 16.5. The summed E-state index contributed by atoms with van der Waals surface area (Å²) < 4.78 is 1.67. The van der Waals surface area contributed by atoms with Crippen molar-refractivity contribution in [1.29, 1.82) is 0 Å². The maximum absolute atomic E-state index is 12.2. The fourth-order valence-electron chi connectivity index (χ4n) is 1.73. The van der Waals surface area contributed by atoms with E-state index in [4.69, 9.17) is 11.6 Å². The molecular formula is C12H14ClN3OS. The highest BCUT2D eigenvalue weighted by Crippen LogP contribution is 2.19. The van der Waals surface area contributed by atoms with E-state index in [2.05, 4.69) is 10.1 Å². The van der Waals surface area contributed by atoms with Crippen LogP contribution in [0.4, 0.5) is 0 Å². The van der Waals surface area contributed by atoms with E-state index in [1.54, 1.807) is 4.68 Å². The molecule has 2 rings (SSSR count). The van der Waals surface area contributed by atoms with Gasteiger partial charge in [0.25, 0.3) is 0 Å². The van der Waals surface area contributed by atoms with E-state index < -0.39 is 0 Å². The van der Waals surface area contributed by atoms with Gasteiger partial charge in [0.2, 0.25) is 0 Å². The third-order valence-corrected chi connectivity index (χ3v) is 3.72. The Labute approximate surface area is 115 Å². The van der Waals surface area contributed by atoms with Crippen molar-refractivity contribution in [2.75, 3.05) is 0 Å². The minimum atomic E-state index is -0.0275. The van der Waals surface area contributed by atoms with Crippen LogP contribution in [0.1, 0.15) is 34.5 Å². The van der Waals surface area contributed by atoms with Crippen LogP contribution in [0.3, 0.4) is 0 Å². The van der Waals surface area contributed by atoms with Crippen molar-refractivity contribution < 1.29 is 4.79 Å². The molecule has 4 nitrogen and oxygen atoms in total. The molecule has 0 amide bonds. The minimum absolute atomic E-state index is 0.0275. The molecule has 6 heteroatoms. The van der Waals surface area contributed by atoms with Gasteiger partial charge >= 0.3 is 0 Å². The van der Waals surface area contributed by atoms with Crippen LogP contribution in [-0.2, 0) is 13.0 Å². The second-order valence-corrected chi connectivity index (χ2v) is 5.40. The first kappa shape index (κ1) is 13.2. The van der Waals surface area contributed by atoms with Crippen molar-refractivity contribution in [2.45, 2.75) is 33.2 Å². The number of nitrogens with zero attached hydrogens (tertiary/aromatic N) is 3. The highest BCUT2D eigenvalue weighted by Gasteiger charge is 2.18. The van der Waals surface area contributed by atoms with Crippen LogP contribution in [0.5, 0.6) is 0 Å². The van der Waals surface area contributed by atoms with Crippen LogP contribution >= 0.6 is 22.9 Å². The number of carbonyl (C=O) groups excluding carboxylic acids is 1. The average molecular weight is 284 g/mol. The molecule has 0 saturated heterocycles. The predicted octanol–water partition coefficient (Wildman–Crippen LogP) is 3.14. The number of Topliss-reactive ketones (excluding diaryl/α,β-unsaturated/α-hetero) is 1. The SMILES string of the molecule is CCCn1ncc(Cl)c1C(=O)Cc1nc(C)cs1.